The molecule has 0 unspecified atom stereocenters. The largest absolute Gasteiger partial charge is 0.494 e. The van der Waals surface area contributed by atoms with Crippen LogP contribution in [0.1, 0.15) is 42.3 Å². The maximum absolute atomic E-state index is 6.48. The molecule has 6 nitrogen and oxygen atoms in total. The second-order valence-electron chi connectivity index (χ2n) is 7.24. The molecule has 3 aromatic rings. The number of pyridine rings is 1. The zero-order valence-electron chi connectivity index (χ0n) is 17.0. The Hall–Kier alpha value is -3.54. The minimum atomic E-state index is -0.358. The zero-order chi connectivity index (χ0) is 20.5. The van der Waals surface area contributed by atoms with Gasteiger partial charge < -0.3 is 14.2 Å². The van der Waals surface area contributed by atoms with Crippen LogP contribution in [0.4, 0.5) is 0 Å². The molecule has 0 saturated carbocycles. The van der Waals surface area contributed by atoms with E-state index in [2.05, 4.69) is 16.1 Å². The van der Waals surface area contributed by atoms with E-state index in [1.807, 2.05) is 61.7 Å². The average Bonchev–Trinajstić information content (AvgIpc) is 3.25. The second-order valence-corrected chi connectivity index (χ2v) is 7.24. The van der Waals surface area contributed by atoms with E-state index in [9.17, 15) is 0 Å². The van der Waals surface area contributed by atoms with Crippen LogP contribution >= 0.6 is 0 Å². The van der Waals surface area contributed by atoms with Crippen LogP contribution in [0.2, 0.25) is 0 Å². The third-order valence-electron chi connectivity index (χ3n) is 5.47. The van der Waals surface area contributed by atoms with Crippen molar-refractivity contribution in [1.82, 2.24) is 9.99 Å². The molecular formula is C24H23N3O3. The minimum Gasteiger partial charge on any atom is -0.494 e. The molecule has 0 N–H and O–H groups in total. The number of fused-ring (bicyclic) bond motifs is 3. The molecule has 5 rings (SSSR count). The molecule has 0 amide bonds. The number of ether oxygens (including phenoxy) is 3. The Bertz CT molecular complexity index is 1070. The van der Waals surface area contributed by atoms with Crippen molar-refractivity contribution < 1.29 is 14.2 Å². The number of hydrazone groups is 1. The lowest BCUT2D eigenvalue weighted by molar-refractivity contribution is -0.0209. The first kappa shape index (κ1) is 18.5. The SMILES string of the molecule is CCOc1ccc([C@@H]2Oc3c(OC)cccc3[C@@H]3CC(c4cccnc4)=NN32)cc1. The first-order chi connectivity index (χ1) is 14.8. The van der Waals surface area contributed by atoms with Crippen LogP contribution < -0.4 is 14.2 Å². The summed E-state index contributed by atoms with van der Waals surface area (Å²) in [5, 5.41) is 7.02. The fourth-order valence-electron chi connectivity index (χ4n) is 4.07. The topological polar surface area (TPSA) is 56.2 Å². The first-order valence-corrected chi connectivity index (χ1v) is 10.1. The molecule has 2 atom stereocenters. The molecule has 0 fully saturated rings. The van der Waals surface area contributed by atoms with Crippen molar-refractivity contribution in [2.75, 3.05) is 13.7 Å². The second kappa shape index (κ2) is 7.71. The smallest absolute Gasteiger partial charge is 0.214 e. The molecule has 2 aromatic carbocycles. The molecule has 2 aliphatic rings. The molecule has 0 aliphatic carbocycles. The monoisotopic (exact) mass is 401 g/mol. The van der Waals surface area contributed by atoms with Crippen LogP contribution in [-0.4, -0.2) is 29.4 Å². The zero-order valence-corrected chi connectivity index (χ0v) is 17.0. The number of aromatic nitrogens is 1. The van der Waals surface area contributed by atoms with Gasteiger partial charge in [0.1, 0.15) is 5.75 Å². The number of hydrogen-bond acceptors (Lipinski definition) is 6. The Labute approximate surface area is 175 Å². The van der Waals surface area contributed by atoms with Crippen molar-refractivity contribution in [3.05, 3.63) is 83.7 Å². The molecule has 2 aliphatic heterocycles. The van der Waals surface area contributed by atoms with Crippen molar-refractivity contribution in [1.29, 1.82) is 0 Å². The minimum absolute atomic E-state index is 0.0654. The number of hydrogen-bond donors (Lipinski definition) is 0. The summed E-state index contributed by atoms with van der Waals surface area (Å²) in [6.07, 6.45) is 4.06. The van der Waals surface area contributed by atoms with Gasteiger partial charge in [-0.1, -0.05) is 18.2 Å². The van der Waals surface area contributed by atoms with Crippen LogP contribution in [0.3, 0.4) is 0 Å². The standard InChI is InChI=1S/C24H23N3O3/c1-3-29-18-11-9-16(10-12-18)24-27-21(14-20(26-27)17-6-5-13-25-15-17)19-7-4-8-22(28-2)23(19)30-24/h4-13,15,21,24H,3,14H2,1-2H3/t21-,24-/m0/s1. The maximum atomic E-state index is 6.48. The van der Waals surface area contributed by atoms with E-state index in [4.69, 9.17) is 19.3 Å². The lowest BCUT2D eigenvalue weighted by atomic mass is 9.96. The molecular weight excluding hydrogens is 378 g/mol. The van der Waals surface area contributed by atoms with Gasteiger partial charge in [0.2, 0.25) is 6.23 Å². The number of rotatable bonds is 5. The van der Waals surface area contributed by atoms with E-state index >= 15 is 0 Å². The highest BCUT2D eigenvalue weighted by atomic mass is 16.5. The van der Waals surface area contributed by atoms with Crippen molar-refractivity contribution in [2.24, 2.45) is 5.10 Å². The first-order valence-electron chi connectivity index (χ1n) is 10.1. The molecule has 3 heterocycles. The van der Waals surface area contributed by atoms with Gasteiger partial charge in [-0.15, -0.1) is 0 Å². The van der Waals surface area contributed by atoms with E-state index in [1.165, 1.54) is 0 Å². The molecule has 0 saturated heterocycles. The molecule has 0 spiro atoms. The Kier molecular flexibility index (Phi) is 4.75. The Morgan fingerprint density at radius 3 is 2.70 bits per heavy atom. The summed E-state index contributed by atoms with van der Waals surface area (Å²) in [6.45, 7) is 2.61. The quantitative estimate of drug-likeness (QED) is 0.619. The summed E-state index contributed by atoms with van der Waals surface area (Å²) < 4.78 is 17.7. The fourth-order valence-corrected chi connectivity index (χ4v) is 4.07. The van der Waals surface area contributed by atoms with Crippen LogP contribution in [-0.2, 0) is 0 Å². The summed E-state index contributed by atoms with van der Waals surface area (Å²) in [5.41, 5.74) is 4.13. The van der Waals surface area contributed by atoms with Crippen LogP contribution in [0.15, 0.2) is 72.1 Å². The van der Waals surface area contributed by atoms with Crippen molar-refractivity contribution in [2.45, 2.75) is 25.6 Å². The summed E-state index contributed by atoms with van der Waals surface area (Å²) in [5.74, 6) is 2.35. The molecule has 6 heteroatoms. The number of methoxy groups -OCH3 is 1. The van der Waals surface area contributed by atoms with Gasteiger partial charge in [-0.3, -0.25) is 4.98 Å². The van der Waals surface area contributed by atoms with E-state index in [-0.39, 0.29) is 12.3 Å². The van der Waals surface area contributed by atoms with Crippen molar-refractivity contribution >= 4 is 5.71 Å². The van der Waals surface area contributed by atoms with Gasteiger partial charge in [0, 0.05) is 35.5 Å². The van der Waals surface area contributed by atoms with Gasteiger partial charge in [-0.2, -0.15) is 5.10 Å². The van der Waals surface area contributed by atoms with Crippen LogP contribution in [0.25, 0.3) is 0 Å². The predicted molar refractivity (Wildman–Crippen MR) is 114 cm³/mol. The summed E-state index contributed by atoms with van der Waals surface area (Å²) in [6, 6.07) is 18.1. The van der Waals surface area contributed by atoms with Crippen molar-refractivity contribution in [3.63, 3.8) is 0 Å². The lowest BCUT2D eigenvalue weighted by Crippen LogP contribution is -2.33. The van der Waals surface area contributed by atoms with E-state index in [0.717, 1.165) is 46.1 Å². The number of benzene rings is 2. The third-order valence-corrected chi connectivity index (χ3v) is 5.47. The molecule has 152 valence electrons. The predicted octanol–water partition coefficient (Wildman–Crippen LogP) is 4.73. The number of nitrogens with zero attached hydrogens (tertiary/aromatic N) is 3. The molecule has 1 aromatic heterocycles. The van der Waals surface area contributed by atoms with Crippen LogP contribution in [0.5, 0.6) is 17.2 Å². The molecule has 0 radical (unpaired) electrons. The van der Waals surface area contributed by atoms with Gasteiger partial charge >= 0.3 is 0 Å². The Morgan fingerprint density at radius 2 is 1.97 bits per heavy atom. The molecule has 30 heavy (non-hydrogen) atoms. The summed E-state index contributed by atoms with van der Waals surface area (Å²) >= 11 is 0. The summed E-state index contributed by atoms with van der Waals surface area (Å²) in [7, 11) is 1.67. The highest BCUT2D eigenvalue weighted by Crippen LogP contribution is 2.50. The van der Waals surface area contributed by atoms with Gasteiger partial charge in [-0.05, 0) is 43.3 Å². The van der Waals surface area contributed by atoms with E-state index in [1.54, 1.807) is 13.3 Å². The van der Waals surface area contributed by atoms with Crippen LogP contribution in [0, 0.1) is 0 Å². The molecule has 0 bridgehead atoms. The average molecular weight is 401 g/mol. The van der Waals surface area contributed by atoms with Gasteiger partial charge in [0.15, 0.2) is 11.5 Å². The highest BCUT2D eigenvalue weighted by molar-refractivity contribution is 6.01. The van der Waals surface area contributed by atoms with E-state index in [0.29, 0.717) is 6.61 Å². The van der Waals surface area contributed by atoms with Gasteiger partial charge in [0.05, 0.1) is 25.5 Å². The Balaban J connectivity index is 1.58. The third kappa shape index (κ3) is 3.14. The highest BCUT2D eigenvalue weighted by Gasteiger charge is 2.42. The normalized spacial score (nSPS) is 19.4. The maximum Gasteiger partial charge on any atom is 0.214 e. The van der Waals surface area contributed by atoms with Gasteiger partial charge in [-0.25, -0.2) is 5.01 Å². The number of para-hydroxylation sites is 1. The Morgan fingerprint density at radius 1 is 1.10 bits per heavy atom. The van der Waals surface area contributed by atoms with Crippen molar-refractivity contribution in [3.8, 4) is 17.2 Å². The fraction of sp³-hybridized carbons (Fsp3) is 0.250. The lowest BCUT2D eigenvalue weighted by Gasteiger charge is -2.38. The van der Waals surface area contributed by atoms with Gasteiger partial charge in [0.25, 0.3) is 0 Å². The summed E-state index contributed by atoms with van der Waals surface area (Å²) in [4.78, 5) is 4.26. The van der Waals surface area contributed by atoms with E-state index < -0.39 is 0 Å².